The first-order chi connectivity index (χ1) is 11.0. The van der Waals surface area contributed by atoms with Crippen LogP contribution in [0.2, 0.25) is 5.02 Å². The Morgan fingerprint density at radius 1 is 1.22 bits per heavy atom. The molecule has 0 unspecified atom stereocenters. The minimum absolute atomic E-state index is 0.0446. The lowest BCUT2D eigenvalue weighted by Crippen LogP contribution is -2.30. The molecule has 23 heavy (non-hydrogen) atoms. The van der Waals surface area contributed by atoms with Crippen LogP contribution >= 0.6 is 23.8 Å². The number of hydrogen-bond acceptors (Lipinski definition) is 2. The van der Waals surface area contributed by atoms with E-state index in [0.717, 1.165) is 16.7 Å². The molecule has 0 fully saturated rings. The largest absolute Gasteiger partial charge is 0.459 e. The molecule has 1 aromatic heterocycles. The molecule has 3 nitrogen and oxygen atoms in total. The number of para-hydroxylation sites is 1. The summed E-state index contributed by atoms with van der Waals surface area (Å²) in [5.41, 5.74) is 1.45. The number of thiocarbonyl (C=S) groups is 1. The Morgan fingerprint density at radius 3 is 2.74 bits per heavy atom. The molecule has 6 heteroatoms. The summed E-state index contributed by atoms with van der Waals surface area (Å²) in [6.45, 7) is 1.95. The zero-order valence-corrected chi connectivity index (χ0v) is 13.8. The smallest absolute Gasteiger partial charge is 0.171 e. The molecule has 2 N–H and O–H groups in total. The van der Waals surface area contributed by atoms with E-state index in [1.54, 1.807) is 6.07 Å². The van der Waals surface area contributed by atoms with E-state index < -0.39 is 5.82 Å². The minimum atomic E-state index is -0.466. The van der Waals surface area contributed by atoms with Crippen molar-refractivity contribution < 1.29 is 8.81 Å². The third-order valence-electron chi connectivity index (χ3n) is 3.40. The van der Waals surface area contributed by atoms with E-state index in [0.29, 0.717) is 10.8 Å². The monoisotopic (exact) mass is 348 g/mol. The van der Waals surface area contributed by atoms with Gasteiger partial charge in [-0.2, -0.15) is 0 Å². The fourth-order valence-electron chi connectivity index (χ4n) is 2.22. The fraction of sp³-hybridized carbons (Fsp3) is 0.118. The lowest BCUT2D eigenvalue weighted by atomic mass is 10.2. The Bertz CT molecular complexity index is 832. The number of rotatable bonds is 3. The number of halogens is 2. The lowest BCUT2D eigenvalue weighted by Gasteiger charge is -2.15. The van der Waals surface area contributed by atoms with Gasteiger partial charge in [0.05, 0.1) is 11.1 Å². The van der Waals surface area contributed by atoms with Crippen LogP contribution in [0.25, 0.3) is 11.0 Å². The maximum absolute atomic E-state index is 13.1. The molecule has 0 bridgehead atoms. The molecule has 0 saturated carbocycles. The fourth-order valence-corrected chi connectivity index (χ4v) is 2.70. The molecule has 1 atom stereocenters. The average molecular weight is 349 g/mol. The summed E-state index contributed by atoms with van der Waals surface area (Å²) in [5, 5.41) is 7.59. The maximum atomic E-state index is 13.1. The van der Waals surface area contributed by atoms with Gasteiger partial charge >= 0.3 is 0 Å². The zero-order chi connectivity index (χ0) is 16.4. The van der Waals surface area contributed by atoms with E-state index in [9.17, 15) is 4.39 Å². The Morgan fingerprint density at radius 2 is 2.00 bits per heavy atom. The van der Waals surface area contributed by atoms with Gasteiger partial charge in [0.1, 0.15) is 17.2 Å². The van der Waals surface area contributed by atoms with E-state index in [1.807, 2.05) is 37.3 Å². The molecule has 2 aromatic carbocycles. The quantitative estimate of drug-likeness (QED) is 0.632. The van der Waals surface area contributed by atoms with Gasteiger partial charge in [0.2, 0.25) is 0 Å². The van der Waals surface area contributed by atoms with Crippen molar-refractivity contribution in [1.82, 2.24) is 5.32 Å². The highest BCUT2D eigenvalue weighted by molar-refractivity contribution is 7.80. The normalized spacial score (nSPS) is 12.1. The van der Waals surface area contributed by atoms with Crippen molar-refractivity contribution in [2.75, 3.05) is 5.32 Å². The molecular weight excluding hydrogens is 335 g/mol. The van der Waals surface area contributed by atoms with Crippen molar-refractivity contribution in [3.8, 4) is 0 Å². The van der Waals surface area contributed by atoms with Crippen molar-refractivity contribution in [3.63, 3.8) is 0 Å². The van der Waals surface area contributed by atoms with E-state index in [-0.39, 0.29) is 11.1 Å². The Hall–Kier alpha value is -2.11. The third kappa shape index (κ3) is 3.63. The standard InChI is InChI=1S/C17H14ClFN2OS/c1-10(16-8-11-4-2-3-5-15(11)22-16)20-17(23)21-12-6-7-14(19)13(18)9-12/h2-10H,1H3,(H2,20,21,23)/t10-/m1/s1. The molecule has 3 aromatic rings. The van der Waals surface area contributed by atoms with Gasteiger partial charge in [0.25, 0.3) is 0 Å². The number of furan rings is 1. The topological polar surface area (TPSA) is 37.2 Å². The summed E-state index contributed by atoms with van der Waals surface area (Å²) in [7, 11) is 0. The van der Waals surface area contributed by atoms with Gasteiger partial charge in [0.15, 0.2) is 5.11 Å². The number of hydrogen-bond donors (Lipinski definition) is 2. The van der Waals surface area contributed by atoms with Gasteiger partial charge < -0.3 is 15.1 Å². The molecule has 0 amide bonds. The molecule has 3 rings (SSSR count). The van der Waals surface area contributed by atoms with Crippen molar-refractivity contribution in [2.45, 2.75) is 13.0 Å². The van der Waals surface area contributed by atoms with Crippen LogP contribution in [0.4, 0.5) is 10.1 Å². The van der Waals surface area contributed by atoms with Gasteiger partial charge in [-0.15, -0.1) is 0 Å². The predicted molar refractivity (Wildman–Crippen MR) is 95.4 cm³/mol. The SMILES string of the molecule is C[C@@H](NC(=S)Nc1ccc(F)c(Cl)c1)c1cc2ccccc2o1. The Labute approximate surface area is 143 Å². The second-order valence-electron chi connectivity index (χ2n) is 5.14. The molecule has 0 aliphatic carbocycles. The summed E-state index contributed by atoms with van der Waals surface area (Å²) in [5.74, 6) is 0.319. The molecule has 0 saturated heterocycles. The first-order valence-electron chi connectivity index (χ1n) is 7.04. The number of benzene rings is 2. The Balaban J connectivity index is 1.67. The van der Waals surface area contributed by atoms with Crippen LogP contribution in [0, 0.1) is 5.82 Å². The van der Waals surface area contributed by atoms with Crippen LogP contribution in [0.1, 0.15) is 18.7 Å². The first kappa shape index (κ1) is 15.8. The zero-order valence-electron chi connectivity index (χ0n) is 12.3. The van der Waals surface area contributed by atoms with Crippen molar-refractivity contribution >= 4 is 45.6 Å². The molecule has 1 heterocycles. The summed E-state index contributed by atoms with van der Waals surface area (Å²) in [6, 6.07) is 14.0. The van der Waals surface area contributed by atoms with Gasteiger partial charge in [-0.1, -0.05) is 29.8 Å². The van der Waals surface area contributed by atoms with Gasteiger partial charge in [-0.05, 0) is 49.5 Å². The van der Waals surface area contributed by atoms with E-state index in [1.165, 1.54) is 12.1 Å². The van der Waals surface area contributed by atoms with Crippen molar-refractivity contribution in [1.29, 1.82) is 0 Å². The van der Waals surface area contributed by atoms with E-state index in [2.05, 4.69) is 10.6 Å². The third-order valence-corrected chi connectivity index (χ3v) is 3.91. The minimum Gasteiger partial charge on any atom is -0.459 e. The average Bonchev–Trinajstić information content (AvgIpc) is 2.95. The highest BCUT2D eigenvalue weighted by Gasteiger charge is 2.12. The second-order valence-corrected chi connectivity index (χ2v) is 5.95. The Kier molecular flexibility index (Phi) is 4.50. The molecule has 118 valence electrons. The maximum Gasteiger partial charge on any atom is 0.171 e. The van der Waals surface area contributed by atoms with Crippen LogP contribution in [-0.2, 0) is 0 Å². The van der Waals surface area contributed by atoms with Crippen LogP contribution in [0.15, 0.2) is 52.9 Å². The highest BCUT2D eigenvalue weighted by atomic mass is 35.5. The van der Waals surface area contributed by atoms with Crippen LogP contribution in [-0.4, -0.2) is 5.11 Å². The van der Waals surface area contributed by atoms with Gasteiger partial charge in [0, 0.05) is 11.1 Å². The summed E-state index contributed by atoms with van der Waals surface area (Å²) in [6.07, 6.45) is 0. The lowest BCUT2D eigenvalue weighted by molar-refractivity contribution is 0.493. The number of fused-ring (bicyclic) bond motifs is 1. The van der Waals surface area contributed by atoms with Gasteiger partial charge in [-0.3, -0.25) is 0 Å². The first-order valence-corrected chi connectivity index (χ1v) is 7.82. The van der Waals surface area contributed by atoms with Gasteiger partial charge in [-0.25, -0.2) is 4.39 Å². The highest BCUT2D eigenvalue weighted by Crippen LogP contribution is 2.24. The number of nitrogens with one attached hydrogen (secondary N) is 2. The predicted octanol–water partition coefficient (Wildman–Crippen LogP) is 5.27. The molecule has 0 radical (unpaired) electrons. The summed E-state index contributed by atoms with van der Waals surface area (Å²) >= 11 is 11.0. The second kappa shape index (κ2) is 6.56. The molecular formula is C17H14ClFN2OS. The van der Waals surface area contributed by atoms with Crippen molar-refractivity contribution in [2.24, 2.45) is 0 Å². The molecule has 0 aliphatic rings. The van der Waals surface area contributed by atoms with Crippen LogP contribution in [0.5, 0.6) is 0 Å². The summed E-state index contributed by atoms with van der Waals surface area (Å²) in [4.78, 5) is 0. The van der Waals surface area contributed by atoms with Crippen LogP contribution < -0.4 is 10.6 Å². The molecule has 0 spiro atoms. The number of anilines is 1. The van der Waals surface area contributed by atoms with E-state index >= 15 is 0 Å². The van der Waals surface area contributed by atoms with E-state index in [4.69, 9.17) is 28.2 Å². The van der Waals surface area contributed by atoms with Crippen molar-refractivity contribution in [3.05, 3.63) is 65.1 Å². The molecule has 0 aliphatic heterocycles. The summed E-state index contributed by atoms with van der Waals surface area (Å²) < 4.78 is 18.9. The van der Waals surface area contributed by atoms with Crippen LogP contribution in [0.3, 0.4) is 0 Å².